The molecule has 4 N–H and O–H groups in total. The number of urea groups is 1. The van der Waals surface area contributed by atoms with Gasteiger partial charge in [-0.1, -0.05) is 30.9 Å². The summed E-state index contributed by atoms with van der Waals surface area (Å²) in [6.45, 7) is 1.97. The van der Waals surface area contributed by atoms with Gasteiger partial charge in [-0.2, -0.15) is 0 Å². The van der Waals surface area contributed by atoms with E-state index in [-0.39, 0.29) is 18.4 Å². The van der Waals surface area contributed by atoms with Crippen LogP contribution in [-0.2, 0) is 16.0 Å². The summed E-state index contributed by atoms with van der Waals surface area (Å²) in [7, 11) is 0. The number of β-lactam (4-membered cyclic amide) rings is 1. The minimum absolute atomic E-state index is 0.0698. The highest BCUT2D eigenvalue weighted by molar-refractivity contribution is 6.30. The van der Waals surface area contributed by atoms with Gasteiger partial charge in [0.1, 0.15) is 11.9 Å². The lowest BCUT2D eigenvalue weighted by atomic mass is 9.81. The van der Waals surface area contributed by atoms with E-state index in [2.05, 4.69) is 15.6 Å². The summed E-state index contributed by atoms with van der Waals surface area (Å²) in [4.78, 5) is 44.5. The smallest absolute Gasteiger partial charge is 0.325 e. The molecule has 1 aromatic carbocycles. The van der Waals surface area contributed by atoms with Crippen LogP contribution in [0.3, 0.4) is 0 Å². The molecule has 2 aromatic rings. The van der Waals surface area contributed by atoms with Gasteiger partial charge in [0.2, 0.25) is 11.8 Å². The molecule has 2 fully saturated rings. The molecule has 8 nitrogen and oxygen atoms in total. The Labute approximate surface area is 204 Å². The summed E-state index contributed by atoms with van der Waals surface area (Å²) in [6.07, 6.45) is 7.48. The molecule has 0 unspecified atom stereocenters. The second-order valence-electron chi connectivity index (χ2n) is 9.19. The molecule has 4 rings (SSSR count). The van der Waals surface area contributed by atoms with Crippen LogP contribution in [0.5, 0.6) is 0 Å². The number of anilines is 2. The Morgan fingerprint density at radius 2 is 1.88 bits per heavy atom. The third-order valence-electron chi connectivity index (χ3n) is 6.82. The zero-order chi connectivity index (χ0) is 24.2. The summed E-state index contributed by atoms with van der Waals surface area (Å²) >= 11 is 5.94. The number of carbonyl (C=O) groups excluding carboxylic acids is 3. The average molecular weight is 484 g/mol. The first-order valence-electron chi connectivity index (χ1n) is 11.7. The fourth-order valence-electron chi connectivity index (χ4n) is 4.91. The minimum Gasteiger partial charge on any atom is -0.384 e. The van der Waals surface area contributed by atoms with Crippen molar-refractivity contribution in [3.8, 4) is 0 Å². The van der Waals surface area contributed by atoms with Crippen LogP contribution in [-0.4, -0.2) is 39.8 Å². The van der Waals surface area contributed by atoms with Crippen molar-refractivity contribution >= 4 is 41.0 Å². The van der Waals surface area contributed by atoms with Crippen molar-refractivity contribution in [3.63, 3.8) is 0 Å². The molecule has 1 aliphatic heterocycles. The van der Waals surface area contributed by atoms with Crippen LogP contribution < -0.4 is 16.4 Å². The molecule has 2 aliphatic rings. The van der Waals surface area contributed by atoms with Crippen molar-refractivity contribution in [2.45, 2.75) is 57.5 Å². The Morgan fingerprint density at radius 3 is 2.56 bits per heavy atom. The lowest BCUT2D eigenvalue weighted by Crippen LogP contribution is -2.70. The number of nitrogens with one attached hydrogen (secondary N) is 2. The Kier molecular flexibility index (Phi) is 7.36. The Bertz CT molecular complexity index is 1050. The van der Waals surface area contributed by atoms with Crippen LogP contribution in [0, 0.1) is 11.8 Å². The third kappa shape index (κ3) is 5.33. The molecular weight excluding hydrogens is 454 g/mol. The molecule has 0 radical (unpaired) electrons. The summed E-state index contributed by atoms with van der Waals surface area (Å²) < 4.78 is 0. The topological polar surface area (TPSA) is 117 Å². The summed E-state index contributed by atoms with van der Waals surface area (Å²) in [5.41, 5.74) is 7.10. The molecule has 180 valence electrons. The summed E-state index contributed by atoms with van der Waals surface area (Å²) in [6, 6.07) is 8.58. The van der Waals surface area contributed by atoms with Gasteiger partial charge in [-0.15, -0.1) is 0 Å². The Morgan fingerprint density at radius 1 is 1.18 bits per heavy atom. The molecule has 1 aromatic heterocycles. The number of aromatic nitrogens is 1. The maximum Gasteiger partial charge on any atom is 0.325 e. The van der Waals surface area contributed by atoms with Crippen molar-refractivity contribution in [2.75, 3.05) is 11.1 Å². The highest BCUT2D eigenvalue weighted by Gasteiger charge is 2.54. The lowest BCUT2D eigenvalue weighted by molar-refractivity contribution is -0.155. The highest BCUT2D eigenvalue weighted by atomic mass is 35.5. The van der Waals surface area contributed by atoms with Crippen LogP contribution in [0.25, 0.3) is 0 Å². The van der Waals surface area contributed by atoms with Crippen molar-refractivity contribution in [3.05, 3.63) is 53.2 Å². The number of nitrogens with two attached hydrogens (primary N) is 1. The van der Waals surface area contributed by atoms with Gasteiger partial charge in [0.05, 0.1) is 5.92 Å². The van der Waals surface area contributed by atoms with E-state index in [1.807, 2.05) is 6.92 Å². The summed E-state index contributed by atoms with van der Waals surface area (Å²) in [5.74, 6) is -0.757. The minimum atomic E-state index is -0.934. The van der Waals surface area contributed by atoms with Crippen molar-refractivity contribution < 1.29 is 14.4 Å². The molecular formula is C25H30ClN5O3. The van der Waals surface area contributed by atoms with Crippen LogP contribution in [0.2, 0.25) is 5.02 Å². The predicted molar refractivity (Wildman–Crippen MR) is 131 cm³/mol. The monoisotopic (exact) mass is 483 g/mol. The van der Waals surface area contributed by atoms with Gasteiger partial charge in [0.25, 0.3) is 0 Å². The molecule has 9 heteroatoms. The van der Waals surface area contributed by atoms with Gasteiger partial charge < -0.3 is 16.4 Å². The van der Waals surface area contributed by atoms with Gasteiger partial charge >= 0.3 is 6.03 Å². The quantitative estimate of drug-likeness (QED) is 0.537. The number of carbonyl (C=O) groups is 3. The van der Waals surface area contributed by atoms with Gasteiger partial charge in [-0.3, -0.25) is 14.5 Å². The fraction of sp³-hybridized carbons (Fsp3) is 0.440. The van der Waals surface area contributed by atoms with E-state index in [1.165, 1.54) is 6.42 Å². The van der Waals surface area contributed by atoms with E-state index >= 15 is 0 Å². The molecule has 4 amide bonds. The molecule has 2 heterocycles. The number of halogens is 1. The molecule has 3 atom stereocenters. The number of amides is 4. The number of imide groups is 1. The highest BCUT2D eigenvalue weighted by Crippen LogP contribution is 2.33. The van der Waals surface area contributed by atoms with E-state index in [4.69, 9.17) is 17.3 Å². The number of nitrogens with zero attached hydrogens (tertiary/aromatic N) is 2. The zero-order valence-corrected chi connectivity index (χ0v) is 19.9. The number of likely N-dealkylation sites (tertiary alicyclic amines) is 1. The Hall–Kier alpha value is -3.13. The van der Waals surface area contributed by atoms with Crippen LogP contribution in [0.4, 0.5) is 16.3 Å². The van der Waals surface area contributed by atoms with E-state index in [1.54, 1.807) is 42.6 Å². The van der Waals surface area contributed by atoms with Crippen LogP contribution in [0.1, 0.15) is 44.6 Å². The van der Waals surface area contributed by atoms with Crippen LogP contribution in [0.15, 0.2) is 42.6 Å². The average Bonchev–Trinajstić information content (AvgIpc) is 2.82. The number of pyridine rings is 1. The molecule has 34 heavy (non-hydrogen) atoms. The molecule has 1 aliphatic carbocycles. The van der Waals surface area contributed by atoms with Crippen molar-refractivity contribution in [1.82, 2.24) is 15.2 Å². The van der Waals surface area contributed by atoms with Crippen molar-refractivity contribution in [1.29, 1.82) is 0 Å². The molecule has 1 saturated carbocycles. The largest absolute Gasteiger partial charge is 0.384 e. The van der Waals surface area contributed by atoms with Gasteiger partial charge in [-0.05, 0) is 74.1 Å². The maximum absolute atomic E-state index is 13.2. The first-order chi connectivity index (χ1) is 16.3. The number of hydrogen-bond acceptors (Lipinski definition) is 5. The number of benzene rings is 1. The first-order valence-corrected chi connectivity index (χ1v) is 12.1. The van der Waals surface area contributed by atoms with E-state index in [0.29, 0.717) is 22.4 Å². The molecule has 1 saturated heterocycles. The van der Waals surface area contributed by atoms with Gasteiger partial charge in [0.15, 0.2) is 0 Å². The number of nitrogen functional groups attached to an aromatic ring is 1. The first kappa shape index (κ1) is 24.0. The van der Waals surface area contributed by atoms with E-state index < -0.39 is 23.9 Å². The van der Waals surface area contributed by atoms with Gasteiger partial charge in [-0.25, -0.2) is 9.78 Å². The fourth-order valence-corrected chi connectivity index (χ4v) is 5.04. The van der Waals surface area contributed by atoms with E-state index in [0.717, 1.165) is 36.1 Å². The second kappa shape index (κ2) is 10.4. The zero-order valence-electron chi connectivity index (χ0n) is 19.2. The van der Waals surface area contributed by atoms with Crippen LogP contribution >= 0.6 is 11.6 Å². The normalized spacial score (nSPS) is 21.5. The number of hydrogen-bond donors (Lipinski definition) is 3. The second-order valence-corrected chi connectivity index (χ2v) is 9.62. The van der Waals surface area contributed by atoms with Crippen molar-refractivity contribution in [2.24, 2.45) is 11.8 Å². The van der Waals surface area contributed by atoms with E-state index in [9.17, 15) is 14.4 Å². The number of rotatable bonds is 6. The SMILES string of the molecule is C[C@@H](NC(=O)N1C(=O)[C@H](Cc2ccnc(N)c2)[C@H]1C(=O)Nc1ccc(Cl)cc1)C1CCCCC1. The molecule has 0 spiro atoms. The predicted octanol–water partition coefficient (Wildman–Crippen LogP) is 4.00. The Balaban J connectivity index is 1.51. The standard InChI is InChI=1S/C25H30ClN5O3/c1-15(17-5-3-2-4-6-17)29-25(34)31-22(23(32)30-19-9-7-18(26)8-10-19)20(24(31)33)13-16-11-12-28-21(27)14-16/h7-12,14-15,17,20,22H,2-6,13H2,1H3,(H2,27,28)(H,29,34)(H,30,32)/t15-,20-,22+/m1/s1. The maximum atomic E-state index is 13.2. The lowest BCUT2D eigenvalue weighted by Gasteiger charge is -2.45. The summed E-state index contributed by atoms with van der Waals surface area (Å²) in [5, 5.41) is 6.33. The van der Waals surface area contributed by atoms with Gasteiger partial charge in [0, 0.05) is 22.9 Å². The molecule has 0 bridgehead atoms. The third-order valence-corrected chi connectivity index (χ3v) is 7.07.